The Morgan fingerprint density at radius 2 is 2.04 bits per heavy atom. The number of rotatable bonds is 4. The number of nitrogens with two attached hydrogens (primary N) is 1. The van der Waals surface area contributed by atoms with Crippen molar-refractivity contribution in [1.82, 2.24) is 14.5 Å². The number of fused-ring (bicyclic) bond motifs is 1. The van der Waals surface area contributed by atoms with Gasteiger partial charge < -0.3 is 30.4 Å². The fraction of sp³-hybridized carbons (Fsp3) is 0.600. The third-order valence-electron chi connectivity index (χ3n) is 4.71. The van der Waals surface area contributed by atoms with Crippen molar-refractivity contribution in [3.05, 3.63) is 18.1 Å². The van der Waals surface area contributed by atoms with Gasteiger partial charge in [0.2, 0.25) is 0 Å². The molecule has 5 N–H and O–H groups in total. The van der Waals surface area contributed by atoms with Crippen LogP contribution in [-0.2, 0) is 11.3 Å². The van der Waals surface area contributed by atoms with E-state index >= 15 is 0 Å². The second kappa shape index (κ2) is 5.41. The van der Waals surface area contributed by atoms with E-state index in [-0.39, 0.29) is 6.61 Å². The number of hydrogen-bond acceptors (Lipinski definition) is 7. The molecule has 0 aromatic carbocycles. The zero-order valence-electron chi connectivity index (χ0n) is 12.5. The van der Waals surface area contributed by atoms with E-state index in [4.69, 9.17) is 10.5 Å². The Kier molecular flexibility index (Phi) is 3.49. The minimum Gasteiger partial charge on any atom is -0.394 e. The van der Waals surface area contributed by atoms with Crippen molar-refractivity contribution >= 4 is 16.9 Å². The lowest BCUT2D eigenvalue weighted by Crippen LogP contribution is -2.32. The van der Waals surface area contributed by atoms with Crippen LogP contribution in [0.5, 0.6) is 0 Å². The van der Waals surface area contributed by atoms with Gasteiger partial charge in [0, 0.05) is 18.3 Å². The van der Waals surface area contributed by atoms with E-state index in [0.717, 1.165) is 12.1 Å². The normalized spacial score (nSPS) is 31.1. The van der Waals surface area contributed by atoms with Crippen molar-refractivity contribution in [2.24, 2.45) is 5.92 Å². The van der Waals surface area contributed by atoms with Gasteiger partial charge in [-0.2, -0.15) is 0 Å². The number of hydrogen-bond donors (Lipinski definition) is 4. The number of nitrogen functional groups attached to an aromatic ring is 1. The van der Waals surface area contributed by atoms with E-state index in [1.165, 1.54) is 19.2 Å². The topological polar surface area (TPSA) is 127 Å². The van der Waals surface area contributed by atoms with Gasteiger partial charge in [-0.3, -0.25) is 0 Å². The number of anilines is 1. The molecular formula is C15H20N4O4. The lowest BCUT2D eigenvalue weighted by molar-refractivity contribution is -0.0224. The maximum atomic E-state index is 10.3. The predicted molar refractivity (Wildman–Crippen MR) is 81.4 cm³/mol. The van der Waals surface area contributed by atoms with Gasteiger partial charge >= 0.3 is 0 Å². The maximum absolute atomic E-state index is 10.3. The van der Waals surface area contributed by atoms with Crippen molar-refractivity contribution in [3.63, 3.8) is 0 Å². The Labute approximate surface area is 132 Å². The van der Waals surface area contributed by atoms with E-state index in [1.807, 2.05) is 10.8 Å². The van der Waals surface area contributed by atoms with Gasteiger partial charge in [0.15, 0.2) is 5.82 Å². The Hall–Kier alpha value is -1.74. The zero-order valence-corrected chi connectivity index (χ0v) is 12.5. The lowest BCUT2D eigenvalue weighted by Gasteiger charge is -2.13. The van der Waals surface area contributed by atoms with Crippen molar-refractivity contribution in [3.8, 4) is 0 Å². The smallest absolute Gasteiger partial charge is 0.151 e. The van der Waals surface area contributed by atoms with Crippen LogP contribution in [0.1, 0.15) is 24.5 Å². The molecule has 124 valence electrons. The van der Waals surface area contributed by atoms with Gasteiger partial charge in [0.25, 0.3) is 0 Å². The second-order valence-corrected chi connectivity index (χ2v) is 6.40. The minimum absolute atomic E-state index is 0.355. The molecule has 2 aromatic rings. The summed E-state index contributed by atoms with van der Waals surface area (Å²) in [6, 6.07) is 0. The lowest BCUT2D eigenvalue weighted by atomic mass is 10.0. The minimum atomic E-state index is -1.13. The largest absolute Gasteiger partial charge is 0.394 e. The van der Waals surface area contributed by atoms with Crippen LogP contribution < -0.4 is 5.73 Å². The number of aliphatic hydroxyl groups is 3. The van der Waals surface area contributed by atoms with Crippen molar-refractivity contribution in [2.75, 3.05) is 12.3 Å². The van der Waals surface area contributed by atoms with Gasteiger partial charge in [-0.25, -0.2) is 9.97 Å². The molecule has 1 saturated carbocycles. The summed E-state index contributed by atoms with van der Waals surface area (Å²) < 4.78 is 7.64. The van der Waals surface area contributed by atoms with E-state index in [1.54, 1.807) is 0 Å². The number of aromatic nitrogens is 3. The molecule has 23 heavy (non-hydrogen) atoms. The molecule has 4 rings (SSSR count). The third-order valence-corrected chi connectivity index (χ3v) is 4.71. The molecular weight excluding hydrogens is 300 g/mol. The van der Waals surface area contributed by atoms with Crippen LogP contribution in [0.4, 0.5) is 5.82 Å². The first-order chi connectivity index (χ1) is 11.1. The molecule has 2 fully saturated rings. The summed E-state index contributed by atoms with van der Waals surface area (Å²) in [5, 5.41) is 29.5. The molecule has 0 spiro atoms. The molecule has 0 bridgehead atoms. The van der Waals surface area contributed by atoms with Crippen LogP contribution in [0.25, 0.3) is 11.0 Å². The SMILES string of the molecule is Nc1ncnc2c([C@@H]3O[C@H](CO)[C@@H](O)[C@H]3O)cn(CC3CC3)c12. The Morgan fingerprint density at radius 3 is 2.70 bits per heavy atom. The maximum Gasteiger partial charge on any atom is 0.151 e. The Morgan fingerprint density at radius 1 is 1.26 bits per heavy atom. The molecule has 1 saturated heterocycles. The molecule has 1 aliphatic heterocycles. The molecule has 8 heteroatoms. The summed E-state index contributed by atoms with van der Waals surface area (Å²) in [6.07, 6.45) is 1.82. The van der Waals surface area contributed by atoms with Gasteiger partial charge in [0.05, 0.1) is 12.1 Å². The molecule has 3 heterocycles. The number of nitrogens with zero attached hydrogens (tertiary/aromatic N) is 3. The molecule has 0 radical (unpaired) electrons. The molecule has 4 atom stereocenters. The van der Waals surface area contributed by atoms with Crippen LogP contribution in [0, 0.1) is 5.92 Å². The van der Waals surface area contributed by atoms with Crippen LogP contribution in [0.2, 0.25) is 0 Å². The van der Waals surface area contributed by atoms with E-state index in [2.05, 4.69) is 9.97 Å². The van der Waals surface area contributed by atoms with Crippen LogP contribution >= 0.6 is 0 Å². The fourth-order valence-electron chi connectivity index (χ4n) is 3.27. The standard InChI is InChI=1S/C15H20N4O4/c16-15-11-10(17-6-18-15)8(4-19(11)3-7-1-2-7)14-13(22)12(21)9(5-20)23-14/h4,6-7,9,12-14,20-22H,1-3,5H2,(H2,16,17,18)/t9-,12-,13-,14+/m1/s1. The summed E-state index contributed by atoms with van der Waals surface area (Å²) >= 11 is 0. The summed E-state index contributed by atoms with van der Waals surface area (Å²) in [5.74, 6) is 1.01. The van der Waals surface area contributed by atoms with Crippen molar-refractivity contribution in [1.29, 1.82) is 0 Å². The van der Waals surface area contributed by atoms with Gasteiger partial charge in [-0.1, -0.05) is 0 Å². The summed E-state index contributed by atoms with van der Waals surface area (Å²) in [6.45, 7) is 0.468. The van der Waals surface area contributed by atoms with Gasteiger partial charge in [-0.05, 0) is 18.8 Å². The second-order valence-electron chi connectivity index (χ2n) is 6.40. The molecule has 8 nitrogen and oxygen atoms in total. The highest BCUT2D eigenvalue weighted by molar-refractivity contribution is 5.88. The van der Waals surface area contributed by atoms with Gasteiger partial charge in [0.1, 0.15) is 36.3 Å². The monoisotopic (exact) mass is 320 g/mol. The van der Waals surface area contributed by atoms with E-state index in [9.17, 15) is 15.3 Å². The number of ether oxygens (including phenoxy) is 1. The van der Waals surface area contributed by atoms with Gasteiger partial charge in [-0.15, -0.1) is 0 Å². The molecule has 0 unspecified atom stereocenters. The zero-order chi connectivity index (χ0) is 16.1. The van der Waals surface area contributed by atoms with Crippen LogP contribution in [-0.4, -0.2) is 54.8 Å². The van der Waals surface area contributed by atoms with Crippen molar-refractivity contribution in [2.45, 2.75) is 43.8 Å². The summed E-state index contributed by atoms with van der Waals surface area (Å²) in [5.41, 5.74) is 8.03. The quantitative estimate of drug-likeness (QED) is 0.602. The first-order valence-electron chi connectivity index (χ1n) is 7.81. The first-order valence-corrected chi connectivity index (χ1v) is 7.81. The predicted octanol–water partition coefficient (Wildman–Crippen LogP) is -0.423. The highest BCUT2D eigenvalue weighted by Crippen LogP contribution is 2.39. The van der Waals surface area contributed by atoms with Crippen LogP contribution in [0.15, 0.2) is 12.5 Å². The molecule has 2 aliphatic rings. The average molecular weight is 320 g/mol. The van der Waals surface area contributed by atoms with Crippen LogP contribution in [0.3, 0.4) is 0 Å². The Balaban J connectivity index is 1.79. The molecule has 1 aliphatic carbocycles. The fourth-order valence-corrected chi connectivity index (χ4v) is 3.27. The van der Waals surface area contributed by atoms with E-state index < -0.39 is 24.4 Å². The third kappa shape index (κ3) is 2.38. The molecule has 0 amide bonds. The highest BCUT2D eigenvalue weighted by Gasteiger charge is 2.44. The number of aliphatic hydroxyl groups excluding tert-OH is 3. The Bertz CT molecular complexity index is 730. The van der Waals surface area contributed by atoms with E-state index in [0.29, 0.717) is 22.8 Å². The van der Waals surface area contributed by atoms with Crippen molar-refractivity contribution < 1.29 is 20.1 Å². The highest BCUT2D eigenvalue weighted by atomic mass is 16.6. The summed E-state index contributed by atoms with van der Waals surface area (Å²) in [4.78, 5) is 8.35. The average Bonchev–Trinajstić information content (AvgIpc) is 3.22. The molecule has 2 aromatic heterocycles. The first kappa shape index (κ1) is 14.8. The summed E-state index contributed by atoms with van der Waals surface area (Å²) in [7, 11) is 0.